The molecule has 18 heavy (non-hydrogen) atoms. The van der Waals surface area contributed by atoms with E-state index >= 15 is 0 Å². The first-order valence-electron chi connectivity index (χ1n) is 7.20. The fourth-order valence-electron chi connectivity index (χ4n) is 3.46. The van der Waals surface area contributed by atoms with E-state index in [1.165, 1.54) is 29.6 Å². The number of rotatable bonds is 3. The second-order valence-corrected chi connectivity index (χ2v) is 6.21. The highest BCUT2D eigenvalue weighted by Crippen LogP contribution is 2.51. The highest BCUT2D eigenvalue weighted by atomic mass is 14.4. The van der Waals surface area contributed by atoms with Gasteiger partial charge in [-0.3, -0.25) is 0 Å². The first kappa shape index (κ1) is 13.4. The van der Waals surface area contributed by atoms with Gasteiger partial charge in [-0.05, 0) is 61.5 Å². The van der Waals surface area contributed by atoms with Crippen LogP contribution in [0.1, 0.15) is 60.8 Å². The molecule has 0 unspecified atom stereocenters. The lowest BCUT2D eigenvalue weighted by molar-refractivity contribution is 0.554. The normalized spacial score (nSPS) is 22.8. The molecule has 0 amide bonds. The minimum absolute atomic E-state index is 0.206. The molecule has 0 atom stereocenters. The second kappa shape index (κ2) is 4.57. The lowest BCUT2D eigenvalue weighted by Gasteiger charge is -2.28. The SMILES string of the molecule is CCCC1=CCC=C1C1=C(C)C(C)=C(C)C1(C)C. The summed E-state index contributed by atoms with van der Waals surface area (Å²) in [7, 11) is 0. The van der Waals surface area contributed by atoms with E-state index in [0.717, 1.165) is 6.42 Å². The van der Waals surface area contributed by atoms with Crippen LogP contribution in [0.15, 0.2) is 45.6 Å². The van der Waals surface area contributed by atoms with Crippen LogP contribution in [0.3, 0.4) is 0 Å². The highest BCUT2D eigenvalue weighted by Gasteiger charge is 2.37. The van der Waals surface area contributed by atoms with E-state index in [0.29, 0.717) is 0 Å². The topological polar surface area (TPSA) is 0 Å². The van der Waals surface area contributed by atoms with Crippen molar-refractivity contribution in [1.82, 2.24) is 0 Å². The standard InChI is InChI=1S/C18H26/c1-7-9-15-10-8-11-16(15)17-13(3)12(2)14(4)18(17,5)6/h10-11H,7-9H2,1-6H3. The Morgan fingerprint density at radius 1 is 1.06 bits per heavy atom. The molecule has 2 aliphatic rings. The molecule has 2 aliphatic carbocycles. The Labute approximate surface area is 112 Å². The molecule has 0 aromatic rings. The van der Waals surface area contributed by atoms with Crippen molar-refractivity contribution < 1.29 is 0 Å². The van der Waals surface area contributed by atoms with Crippen molar-refractivity contribution in [2.45, 2.75) is 60.8 Å². The van der Waals surface area contributed by atoms with Gasteiger partial charge >= 0.3 is 0 Å². The summed E-state index contributed by atoms with van der Waals surface area (Å²) in [4.78, 5) is 0. The predicted molar refractivity (Wildman–Crippen MR) is 80.5 cm³/mol. The van der Waals surface area contributed by atoms with Crippen molar-refractivity contribution in [2.75, 3.05) is 0 Å². The van der Waals surface area contributed by atoms with Gasteiger partial charge in [-0.1, -0.05) is 44.9 Å². The molecule has 0 saturated heterocycles. The van der Waals surface area contributed by atoms with Crippen LogP contribution in [-0.4, -0.2) is 0 Å². The predicted octanol–water partition coefficient (Wildman–Crippen LogP) is 5.74. The van der Waals surface area contributed by atoms with Crippen molar-refractivity contribution in [3.8, 4) is 0 Å². The van der Waals surface area contributed by atoms with E-state index in [1.807, 2.05) is 0 Å². The molecule has 0 saturated carbocycles. The van der Waals surface area contributed by atoms with Crippen molar-refractivity contribution in [3.63, 3.8) is 0 Å². The molecule has 0 radical (unpaired) electrons. The van der Waals surface area contributed by atoms with Crippen LogP contribution >= 0.6 is 0 Å². The van der Waals surface area contributed by atoms with Crippen LogP contribution in [0, 0.1) is 5.41 Å². The van der Waals surface area contributed by atoms with Gasteiger partial charge in [0, 0.05) is 5.41 Å². The van der Waals surface area contributed by atoms with Gasteiger partial charge in [-0.15, -0.1) is 0 Å². The zero-order chi connectivity index (χ0) is 13.5. The average molecular weight is 242 g/mol. The minimum atomic E-state index is 0.206. The molecule has 0 bridgehead atoms. The smallest absolute Gasteiger partial charge is 0.0117 e. The Morgan fingerprint density at radius 3 is 2.22 bits per heavy atom. The Kier molecular flexibility index (Phi) is 3.40. The van der Waals surface area contributed by atoms with E-state index in [1.54, 1.807) is 16.7 Å². The highest BCUT2D eigenvalue weighted by molar-refractivity contribution is 5.64. The van der Waals surface area contributed by atoms with Gasteiger partial charge in [-0.25, -0.2) is 0 Å². The largest absolute Gasteiger partial charge is 0.0769 e. The summed E-state index contributed by atoms with van der Waals surface area (Å²) >= 11 is 0. The lowest BCUT2D eigenvalue weighted by Crippen LogP contribution is -2.15. The maximum Gasteiger partial charge on any atom is 0.0117 e. The molecular formula is C18H26. The molecule has 0 N–H and O–H groups in total. The van der Waals surface area contributed by atoms with Gasteiger partial charge in [0.25, 0.3) is 0 Å². The maximum atomic E-state index is 2.43. The van der Waals surface area contributed by atoms with E-state index in [9.17, 15) is 0 Å². The fourth-order valence-corrected chi connectivity index (χ4v) is 3.46. The molecule has 0 heteroatoms. The van der Waals surface area contributed by atoms with Crippen molar-refractivity contribution >= 4 is 0 Å². The van der Waals surface area contributed by atoms with Crippen LogP contribution in [0.4, 0.5) is 0 Å². The summed E-state index contributed by atoms with van der Waals surface area (Å²) in [5.74, 6) is 0. The van der Waals surface area contributed by atoms with E-state index < -0.39 is 0 Å². The van der Waals surface area contributed by atoms with Crippen molar-refractivity contribution in [3.05, 3.63) is 45.6 Å². The van der Waals surface area contributed by atoms with Gasteiger partial charge in [0.15, 0.2) is 0 Å². The van der Waals surface area contributed by atoms with Gasteiger partial charge in [-0.2, -0.15) is 0 Å². The summed E-state index contributed by atoms with van der Waals surface area (Å²) in [6, 6.07) is 0. The zero-order valence-electron chi connectivity index (χ0n) is 12.8. The average Bonchev–Trinajstić information content (AvgIpc) is 2.80. The molecule has 0 heterocycles. The number of hydrogen-bond donors (Lipinski definition) is 0. The van der Waals surface area contributed by atoms with Crippen LogP contribution in [-0.2, 0) is 0 Å². The third-order valence-electron chi connectivity index (χ3n) is 4.88. The van der Waals surface area contributed by atoms with E-state index in [4.69, 9.17) is 0 Å². The molecule has 0 aliphatic heterocycles. The quantitative estimate of drug-likeness (QED) is 0.592. The maximum absolute atomic E-state index is 2.43. The number of hydrogen-bond acceptors (Lipinski definition) is 0. The summed E-state index contributed by atoms with van der Waals surface area (Å²) in [6.45, 7) is 13.9. The first-order chi connectivity index (χ1) is 8.41. The van der Waals surface area contributed by atoms with Crippen molar-refractivity contribution in [2.24, 2.45) is 5.41 Å². The Bertz CT molecular complexity index is 490. The molecule has 98 valence electrons. The van der Waals surface area contributed by atoms with Crippen LogP contribution in [0.2, 0.25) is 0 Å². The first-order valence-corrected chi connectivity index (χ1v) is 7.20. The summed E-state index contributed by atoms with van der Waals surface area (Å²) < 4.78 is 0. The third-order valence-corrected chi connectivity index (χ3v) is 4.88. The van der Waals surface area contributed by atoms with Crippen LogP contribution in [0.25, 0.3) is 0 Å². The summed E-state index contributed by atoms with van der Waals surface area (Å²) in [5, 5.41) is 0. The second-order valence-electron chi connectivity index (χ2n) is 6.21. The minimum Gasteiger partial charge on any atom is -0.0769 e. The number of allylic oxidation sites excluding steroid dienone is 8. The molecule has 0 aromatic carbocycles. The monoisotopic (exact) mass is 242 g/mol. The van der Waals surface area contributed by atoms with Gasteiger partial charge in [0.2, 0.25) is 0 Å². The fraction of sp³-hybridized carbons (Fsp3) is 0.556. The molecule has 0 nitrogen and oxygen atoms in total. The molecule has 0 spiro atoms. The Balaban J connectivity index is 2.45. The van der Waals surface area contributed by atoms with Crippen LogP contribution < -0.4 is 0 Å². The van der Waals surface area contributed by atoms with Gasteiger partial charge in [0.05, 0.1) is 0 Å². The van der Waals surface area contributed by atoms with E-state index in [2.05, 4.69) is 53.7 Å². The summed E-state index contributed by atoms with van der Waals surface area (Å²) in [6.07, 6.45) is 8.42. The van der Waals surface area contributed by atoms with Crippen LogP contribution in [0.5, 0.6) is 0 Å². The summed E-state index contributed by atoms with van der Waals surface area (Å²) in [5.41, 5.74) is 9.44. The molecule has 0 fully saturated rings. The Morgan fingerprint density at radius 2 is 1.72 bits per heavy atom. The lowest BCUT2D eigenvalue weighted by atomic mass is 9.76. The third kappa shape index (κ3) is 1.83. The Hall–Kier alpha value is -1.04. The van der Waals surface area contributed by atoms with E-state index in [-0.39, 0.29) is 5.41 Å². The molecular weight excluding hydrogens is 216 g/mol. The van der Waals surface area contributed by atoms with Gasteiger partial charge < -0.3 is 0 Å². The van der Waals surface area contributed by atoms with Gasteiger partial charge in [0.1, 0.15) is 0 Å². The van der Waals surface area contributed by atoms with Crippen molar-refractivity contribution in [1.29, 1.82) is 0 Å². The molecule has 2 rings (SSSR count). The molecule has 0 aromatic heterocycles. The zero-order valence-corrected chi connectivity index (χ0v) is 12.8.